The first-order valence-electron chi connectivity index (χ1n) is 8.95. The van der Waals surface area contributed by atoms with E-state index in [1.807, 2.05) is 12.1 Å². The summed E-state index contributed by atoms with van der Waals surface area (Å²) in [6, 6.07) is 11.4. The molecule has 146 valence electrons. The molecule has 1 aliphatic carbocycles. The van der Waals surface area contributed by atoms with Gasteiger partial charge in [0.05, 0.1) is 17.2 Å². The van der Waals surface area contributed by atoms with Crippen molar-refractivity contribution in [3.63, 3.8) is 0 Å². The SMILES string of the molecule is O=C(CSCC(=O)OCC(=O)c1ccc2c(c1)CCC2)Nc1ccccc1F. The number of para-hydroxylation sites is 1. The predicted molar refractivity (Wildman–Crippen MR) is 106 cm³/mol. The molecule has 0 atom stereocenters. The second-order valence-corrected chi connectivity index (χ2v) is 7.43. The van der Waals surface area contributed by atoms with Crippen molar-refractivity contribution in [2.75, 3.05) is 23.4 Å². The van der Waals surface area contributed by atoms with E-state index >= 15 is 0 Å². The van der Waals surface area contributed by atoms with E-state index in [-0.39, 0.29) is 29.6 Å². The number of nitrogens with one attached hydrogen (secondary N) is 1. The van der Waals surface area contributed by atoms with Gasteiger partial charge in [-0.1, -0.05) is 24.3 Å². The highest BCUT2D eigenvalue weighted by molar-refractivity contribution is 8.00. The van der Waals surface area contributed by atoms with E-state index in [1.165, 1.54) is 29.3 Å². The second kappa shape index (κ2) is 9.50. The first-order chi connectivity index (χ1) is 13.5. The van der Waals surface area contributed by atoms with E-state index in [1.54, 1.807) is 12.1 Å². The standard InChI is InChI=1S/C21H20FNO4S/c22-17-6-1-2-7-18(17)23-20(25)12-28-13-21(26)27-11-19(24)16-9-8-14-4-3-5-15(14)10-16/h1-2,6-10H,3-5,11-13H2,(H,23,25). The van der Waals surface area contributed by atoms with Gasteiger partial charge in [0.15, 0.2) is 12.4 Å². The number of anilines is 1. The Morgan fingerprint density at radius 1 is 1.04 bits per heavy atom. The van der Waals surface area contributed by atoms with E-state index < -0.39 is 17.7 Å². The molecule has 2 aromatic carbocycles. The molecule has 7 heteroatoms. The Bertz CT molecular complexity index is 900. The molecular formula is C21H20FNO4S. The fourth-order valence-electron chi connectivity index (χ4n) is 2.99. The van der Waals surface area contributed by atoms with Crippen LogP contribution in [0.2, 0.25) is 0 Å². The molecule has 2 aromatic rings. The van der Waals surface area contributed by atoms with Gasteiger partial charge in [-0.05, 0) is 48.6 Å². The summed E-state index contributed by atoms with van der Waals surface area (Å²) in [5.41, 5.74) is 3.10. The van der Waals surface area contributed by atoms with Crippen LogP contribution in [0.15, 0.2) is 42.5 Å². The molecule has 1 aliphatic rings. The molecule has 3 rings (SSSR count). The number of ether oxygens (including phenoxy) is 1. The Balaban J connectivity index is 1.37. The lowest BCUT2D eigenvalue weighted by Gasteiger charge is -2.07. The van der Waals surface area contributed by atoms with Gasteiger partial charge in [-0.25, -0.2) is 4.39 Å². The summed E-state index contributed by atoms with van der Waals surface area (Å²) in [5.74, 6) is -1.85. The molecule has 0 aliphatic heterocycles. The summed E-state index contributed by atoms with van der Waals surface area (Å²) in [5, 5.41) is 2.44. The number of benzene rings is 2. The van der Waals surface area contributed by atoms with Crippen molar-refractivity contribution in [1.82, 2.24) is 0 Å². The maximum atomic E-state index is 13.5. The van der Waals surface area contributed by atoms with Crippen LogP contribution in [0.25, 0.3) is 0 Å². The number of carbonyl (C=O) groups excluding carboxylic acids is 3. The van der Waals surface area contributed by atoms with Crippen molar-refractivity contribution < 1.29 is 23.5 Å². The molecule has 0 saturated carbocycles. The average molecular weight is 401 g/mol. The molecule has 1 N–H and O–H groups in total. The molecule has 0 saturated heterocycles. The molecule has 0 unspecified atom stereocenters. The number of halogens is 1. The molecule has 0 aromatic heterocycles. The monoisotopic (exact) mass is 401 g/mol. The highest BCUT2D eigenvalue weighted by Gasteiger charge is 2.15. The number of rotatable bonds is 8. The van der Waals surface area contributed by atoms with Gasteiger partial charge in [-0.3, -0.25) is 14.4 Å². The van der Waals surface area contributed by atoms with Crippen molar-refractivity contribution in [2.45, 2.75) is 19.3 Å². The summed E-state index contributed by atoms with van der Waals surface area (Å²) in [6.07, 6.45) is 3.12. The van der Waals surface area contributed by atoms with E-state index in [0.29, 0.717) is 5.56 Å². The number of thioether (sulfide) groups is 1. The second-order valence-electron chi connectivity index (χ2n) is 6.44. The van der Waals surface area contributed by atoms with Crippen molar-refractivity contribution >= 4 is 35.1 Å². The number of esters is 1. The zero-order valence-corrected chi connectivity index (χ0v) is 16.0. The number of ketones is 1. The number of aryl methyl sites for hydroxylation is 2. The molecule has 0 fully saturated rings. The first kappa shape index (κ1) is 20.1. The van der Waals surface area contributed by atoms with E-state index in [2.05, 4.69) is 5.32 Å². The summed E-state index contributed by atoms with van der Waals surface area (Å²) < 4.78 is 18.5. The molecule has 0 spiro atoms. The van der Waals surface area contributed by atoms with Crippen LogP contribution in [-0.2, 0) is 27.2 Å². The average Bonchev–Trinajstić information content (AvgIpc) is 3.15. The number of hydrogen-bond donors (Lipinski definition) is 1. The first-order valence-corrected chi connectivity index (χ1v) is 10.1. The normalized spacial score (nSPS) is 12.3. The summed E-state index contributed by atoms with van der Waals surface area (Å²) in [6.45, 7) is -0.320. The quantitative estimate of drug-likeness (QED) is 0.542. The molecular weight excluding hydrogens is 381 g/mol. The zero-order chi connectivity index (χ0) is 19.9. The van der Waals surface area contributed by atoms with Gasteiger partial charge in [0.25, 0.3) is 0 Å². The molecule has 28 heavy (non-hydrogen) atoms. The number of fused-ring (bicyclic) bond motifs is 1. The minimum atomic E-state index is -0.571. The molecule has 0 bridgehead atoms. The number of hydrogen-bond acceptors (Lipinski definition) is 5. The Labute approximate surface area is 166 Å². The van der Waals surface area contributed by atoms with Gasteiger partial charge in [-0.2, -0.15) is 0 Å². The topological polar surface area (TPSA) is 72.5 Å². The van der Waals surface area contributed by atoms with Crippen LogP contribution in [-0.4, -0.2) is 35.8 Å². The molecule has 0 heterocycles. The van der Waals surface area contributed by atoms with Gasteiger partial charge >= 0.3 is 5.97 Å². The van der Waals surface area contributed by atoms with Crippen molar-refractivity contribution in [2.24, 2.45) is 0 Å². The van der Waals surface area contributed by atoms with Crippen LogP contribution in [0.1, 0.15) is 27.9 Å². The van der Waals surface area contributed by atoms with Crippen LogP contribution >= 0.6 is 11.8 Å². The number of Topliss-reactive ketones (excluding diaryl/α,β-unsaturated/α-hetero) is 1. The smallest absolute Gasteiger partial charge is 0.316 e. The van der Waals surface area contributed by atoms with Crippen molar-refractivity contribution in [3.05, 3.63) is 65.0 Å². The van der Waals surface area contributed by atoms with Gasteiger partial charge < -0.3 is 10.1 Å². The van der Waals surface area contributed by atoms with Gasteiger partial charge in [0, 0.05) is 5.56 Å². The largest absolute Gasteiger partial charge is 0.457 e. The van der Waals surface area contributed by atoms with Gasteiger partial charge in [0.2, 0.25) is 5.91 Å². The molecule has 1 amide bonds. The van der Waals surface area contributed by atoms with Crippen LogP contribution < -0.4 is 5.32 Å². The van der Waals surface area contributed by atoms with Gasteiger partial charge in [0.1, 0.15) is 5.82 Å². The van der Waals surface area contributed by atoms with Crippen LogP contribution in [0, 0.1) is 5.82 Å². The fraction of sp³-hybridized carbons (Fsp3) is 0.286. The Kier molecular flexibility index (Phi) is 6.81. The Hall–Kier alpha value is -2.67. The Morgan fingerprint density at radius 2 is 1.82 bits per heavy atom. The Morgan fingerprint density at radius 3 is 2.64 bits per heavy atom. The zero-order valence-electron chi connectivity index (χ0n) is 15.2. The van der Waals surface area contributed by atoms with Gasteiger partial charge in [-0.15, -0.1) is 11.8 Å². The maximum absolute atomic E-state index is 13.5. The third kappa shape index (κ3) is 5.42. The predicted octanol–water partition coefficient (Wildman–Crippen LogP) is 3.41. The summed E-state index contributed by atoms with van der Waals surface area (Å²) in [7, 11) is 0. The lowest BCUT2D eigenvalue weighted by molar-refractivity contribution is -0.139. The third-order valence-electron chi connectivity index (χ3n) is 4.39. The lowest BCUT2D eigenvalue weighted by Crippen LogP contribution is -2.18. The molecule has 5 nitrogen and oxygen atoms in total. The molecule has 0 radical (unpaired) electrons. The van der Waals surface area contributed by atoms with Crippen molar-refractivity contribution in [3.8, 4) is 0 Å². The van der Waals surface area contributed by atoms with Crippen molar-refractivity contribution in [1.29, 1.82) is 0 Å². The number of carbonyl (C=O) groups is 3. The number of amides is 1. The van der Waals surface area contributed by atoms with E-state index in [0.717, 1.165) is 31.0 Å². The highest BCUT2D eigenvalue weighted by atomic mass is 32.2. The van der Waals surface area contributed by atoms with Crippen LogP contribution in [0.5, 0.6) is 0 Å². The summed E-state index contributed by atoms with van der Waals surface area (Å²) >= 11 is 1.04. The minimum Gasteiger partial charge on any atom is -0.457 e. The van der Waals surface area contributed by atoms with E-state index in [4.69, 9.17) is 4.74 Å². The lowest BCUT2D eigenvalue weighted by atomic mass is 10.0. The third-order valence-corrected chi connectivity index (χ3v) is 5.29. The van der Waals surface area contributed by atoms with Crippen LogP contribution in [0.4, 0.5) is 10.1 Å². The minimum absolute atomic E-state index is 0.0256. The summed E-state index contributed by atoms with van der Waals surface area (Å²) in [4.78, 5) is 35.7. The van der Waals surface area contributed by atoms with E-state index in [9.17, 15) is 18.8 Å². The fourth-order valence-corrected chi connectivity index (χ4v) is 3.60. The highest BCUT2D eigenvalue weighted by Crippen LogP contribution is 2.23. The van der Waals surface area contributed by atoms with Crippen LogP contribution in [0.3, 0.4) is 0 Å². The maximum Gasteiger partial charge on any atom is 0.316 e.